The molecule has 2 atom stereocenters. The highest BCUT2D eigenvalue weighted by Gasteiger charge is 2.08. The maximum atomic E-state index is 11.3. The smallest absolute Gasteiger partial charge is 0.301 e. The molecule has 5 nitrogen and oxygen atoms in total. The molecular weight excluding hydrogens is 218 g/mol. The molecule has 15 heavy (non-hydrogen) atoms. The standard InChI is InChI=1S/C9H17NO4S/c1-4-8(3)9(11)10-5-7(2)6-14-15(12)13/h7H,3-6H2,1-2H3,(H,10,11)(H,12,13). The zero-order chi connectivity index (χ0) is 11.8. The molecule has 1 amide bonds. The number of hydrogen-bond donors (Lipinski definition) is 2. The highest BCUT2D eigenvalue weighted by molar-refractivity contribution is 7.74. The molecule has 2 N–H and O–H groups in total. The van der Waals surface area contributed by atoms with Gasteiger partial charge in [-0.25, -0.2) is 0 Å². The molecule has 6 heteroatoms. The summed E-state index contributed by atoms with van der Waals surface area (Å²) in [6.07, 6.45) is 0.609. The van der Waals surface area contributed by atoms with E-state index >= 15 is 0 Å². The number of carbonyl (C=O) groups is 1. The summed E-state index contributed by atoms with van der Waals surface area (Å²) in [5, 5.41) is 2.66. The lowest BCUT2D eigenvalue weighted by atomic mass is 10.2. The summed E-state index contributed by atoms with van der Waals surface area (Å²) in [4.78, 5) is 11.3. The van der Waals surface area contributed by atoms with Crippen LogP contribution >= 0.6 is 0 Å². The lowest BCUT2D eigenvalue weighted by Crippen LogP contribution is -2.30. The van der Waals surface area contributed by atoms with Crippen molar-refractivity contribution in [2.75, 3.05) is 13.2 Å². The molecule has 0 rings (SSSR count). The average Bonchev–Trinajstić information content (AvgIpc) is 2.21. The number of amides is 1. The molecule has 0 fully saturated rings. The van der Waals surface area contributed by atoms with Gasteiger partial charge in [0.15, 0.2) is 0 Å². The Morgan fingerprint density at radius 3 is 2.73 bits per heavy atom. The Hall–Kier alpha value is -0.720. The van der Waals surface area contributed by atoms with Gasteiger partial charge >= 0.3 is 11.4 Å². The van der Waals surface area contributed by atoms with E-state index in [0.717, 1.165) is 0 Å². The Kier molecular flexibility index (Phi) is 7.19. The molecule has 2 unspecified atom stereocenters. The van der Waals surface area contributed by atoms with Gasteiger partial charge in [-0.05, 0) is 12.3 Å². The van der Waals surface area contributed by atoms with Crippen molar-refractivity contribution in [3.05, 3.63) is 12.2 Å². The third-order valence-corrected chi connectivity index (χ3v) is 2.15. The van der Waals surface area contributed by atoms with Gasteiger partial charge in [-0.15, -0.1) is 0 Å². The van der Waals surface area contributed by atoms with E-state index in [0.29, 0.717) is 18.5 Å². The van der Waals surface area contributed by atoms with Crippen LogP contribution in [0.3, 0.4) is 0 Å². The van der Waals surface area contributed by atoms with E-state index in [1.54, 1.807) is 0 Å². The zero-order valence-corrected chi connectivity index (χ0v) is 9.80. The van der Waals surface area contributed by atoms with Crippen LogP contribution in [0.1, 0.15) is 20.3 Å². The third kappa shape index (κ3) is 7.24. The van der Waals surface area contributed by atoms with Crippen molar-refractivity contribution in [1.29, 1.82) is 0 Å². The maximum Gasteiger partial charge on any atom is 0.301 e. The molecule has 88 valence electrons. The fourth-order valence-corrected chi connectivity index (χ4v) is 1.13. The van der Waals surface area contributed by atoms with Crippen molar-refractivity contribution in [2.24, 2.45) is 5.92 Å². The first-order valence-corrected chi connectivity index (χ1v) is 5.70. The van der Waals surface area contributed by atoms with Crippen LogP contribution in [0.2, 0.25) is 0 Å². The molecule has 0 aromatic carbocycles. The van der Waals surface area contributed by atoms with E-state index in [2.05, 4.69) is 16.1 Å². The second-order valence-corrected chi connectivity index (χ2v) is 3.94. The van der Waals surface area contributed by atoms with Gasteiger partial charge < -0.3 is 5.32 Å². The Labute approximate surface area is 92.4 Å². The van der Waals surface area contributed by atoms with Gasteiger partial charge in [0.25, 0.3) is 0 Å². The highest BCUT2D eigenvalue weighted by atomic mass is 32.2. The third-order valence-electron chi connectivity index (χ3n) is 1.81. The zero-order valence-electron chi connectivity index (χ0n) is 8.99. The summed E-state index contributed by atoms with van der Waals surface area (Å²) in [5.41, 5.74) is 0.522. The Balaban J connectivity index is 3.70. The van der Waals surface area contributed by atoms with E-state index in [4.69, 9.17) is 4.55 Å². The molecular formula is C9H17NO4S. The average molecular weight is 235 g/mol. The van der Waals surface area contributed by atoms with Crippen LogP contribution in [0.15, 0.2) is 12.2 Å². The Morgan fingerprint density at radius 1 is 1.67 bits per heavy atom. The van der Waals surface area contributed by atoms with E-state index in [1.165, 1.54) is 0 Å². The largest absolute Gasteiger partial charge is 0.352 e. The normalized spacial score (nSPS) is 14.3. The highest BCUT2D eigenvalue weighted by Crippen LogP contribution is 1.98. The predicted octanol–water partition coefficient (Wildman–Crippen LogP) is 0.858. The first-order chi connectivity index (χ1) is 6.97. The molecule has 0 heterocycles. The van der Waals surface area contributed by atoms with Gasteiger partial charge in [0, 0.05) is 12.1 Å². The fraction of sp³-hybridized carbons (Fsp3) is 0.667. The minimum Gasteiger partial charge on any atom is -0.352 e. The van der Waals surface area contributed by atoms with Gasteiger partial charge in [0.2, 0.25) is 5.91 Å². The van der Waals surface area contributed by atoms with Crippen LogP contribution in [0, 0.1) is 5.92 Å². The van der Waals surface area contributed by atoms with Crippen LogP contribution in [-0.2, 0) is 20.3 Å². The lowest BCUT2D eigenvalue weighted by Gasteiger charge is -2.11. The Bertz CT molecular complexity index is 254. The number of rotatable bonds is 7. The quantitative estimate of drug-likeness (QED) is 0.507. The number of hydrogen-bond acceptors (Lipinski definition) is 3. The summed E-state index contributed by atoms with van der Waals surface area (Å²) in [6.45, 7) is 7.78. The summed E-state index contributed by atoms with van der Waals surface area (Å²) < 4.78 is 23.0. The topological polar surface area (TPSA) is 75.6 Å². The monoisotopic (exact) mass is 235 g/mol. The second-order valence-electron chi connectivity index (χ2n) is 3.27. The molecule has 0 aromatic rings. The predicted molar refractivity (Wildman–Crippen MR) is 58.3 cm³/mol. The molecule has 0 aliphatic heterocycles. The van der Waals surface area contributed by atoms with E-state index in [1.807, 2.05) is 13.8 Å². The van der Waals surface area contributed by atoms with Gasteiger partial charge in [0.1, 0.15) is 0 Å². The number of carbonyl (C=O) groups excluding carboxylic acids is 1. The molecule has 0 aromatic heterocycles. The van der Waals surface area contributed by atoms with Gasteiger partial charge in [-0.3, -0.25) is 13.5 Å². The van der Waals surface area contributed by atoms with Crippen molar-refractivity contribution in [1.82, 2.24) is 5.32 Å². The summed E-state index contributed by atoms with van der Waals surface area (Å²) in [6, 6.07) is 0. The molecule has 0 aliphatic rings. The van der Waals surface area contributed by atoms with E-state index < -0.39 is 11.4 Å². The van der Waals surface area contributed by atoms with Gasteiger partial charge in [-0.1, -0.05) is 20.4 Å². The van der Waals surface area contributed by atoms with Gasteiger partial charge in [-0.2, -0.15) is 4.21 Å². The molecule has 0 aliphatic carbocycles. The van der Waals surface area contributed by atoms with Crippen molar-refractivity contribution in [3.63, 3.8) is 0 Å². The first-order valence-electron chi connectivity index (χ1n) is 4.67. The molecule has 0 saturated carbocycles. The first kappa shape index (κ1) is 14.3. The van der Waals surface area contributed by atoms with Crippen LogP contribution in [0.4, 0.5) is 0 Å². The van der Waals surface area contributed by atoms with Crippen LogP contribution < -0.4 is 5.32 Å². The summed E-state index contributed by atoms with van der Waals surface area (Å²) in [7, 11) is 0. The van der Waals surface area contributed by atoms with E-state index in [-0.39, 0.29) is 18.4 Å². The fourth-order valence-electron chi connectivity index (χ4n) is 0.786. The summed E-state index contributed by atoms with van der Waals surface area (Å²) >= 11 is -2.24. The van der Waals surface area contributed by atoms with Crippen LogP contribution in [0.25, 0.3) is 0 Å². The minimum atomic E-state index is -2.24. The van der Waals surface area contributed by atoms with Crippen LogP contribution in [-0.4, -0.2) is 27.8 Å². The van der Waals surface area contributed by atoms with Crippen LogP contribution in [0.5, 0.6) is 0 Å². The van der Waals surface area contributed by atoms with Crippen molar-refractivity contribution < 1.29 is 17.7 Å². The second kappa shape index (κ2) is 7.56. The molecule has 0 saturated heterocycles. The minimum absolute atomic E-state index is 0.0188. The molecule has 0 bridgehead atoms. The van der Waals surface area contributed by atoms with Gasteiger partial charge in [0.05, 0.1) is 6.61 Å². The molecule has 0 radical (unpaired) electrons. The van der Waals surface area contributed by atoms with Crippen molar-refractivity contribution >= 4 is 17.3 Å². The molecule has 0 spiro atoms. The van der Waals surface area contributed by atoms with Crippen molar-refractivity contribution in [2.45, 2.75) is 20.3 Å². The SMILES string of the molecule is C=C(CC)C(=O)NCC(C)COS(=O)O. The lowest BCUT2D eigenvalue weighted by molar-refractivity contribution is -0.117. The summed E-state index contributed by atoms with van der Waals surface area (Å²) in [5.74, 6) is -0.204. The number of nitrogens with one attached hydrogen (secondary N) is 1. The Morgan fingerprint density at radius 2 is 2.27 bits per heavy atom. The van der Waals surface area contributed by atoms with E-state index in [9.17, 15) is 9.00 Å². The van der Waals surface area contributed by atoms with Crippen molar-refractivity contribution in [3.8, 4) is 0 Å². The maximum absolute atomic E-state index is 11.3.